The van der Waals surface area contributed by atoms with Gasteiger partial charge in [-0.2, -0.15) is 0 Å². The fourth-order valence-corrected chi connectivity index (χ4v) is 1.71. The van der Waals surface area contributed by atoms with Gasteiger partial charge in [-0.15, -0.1) is 0 Å². The van der Waals surface area contributed by atoms with Gasteiger partial charge in [-0.05, 0) is 18.6 Å². The molecule has 0 aliphatic carbocycles. The molecule has 0 radical (unpaired) electrons. The number of hydrogen-bond acceptors (Lipinski definition) is 1. The molecule has 13 heavy (non-hydrogen) atoms. The minimum atomic E-state index is -0.0490. The molecule has 0 atom stereocenters. The largest absolute Gasteiger partial charge is 0.390 e. The van der Waals surface area contributed by atoms with Gasteiger partial charge in [-0.1, -0.05) is 23.7 Å². The van der Waals surface area contributed by atoms with E-state index in [1.165, 1.54) is 5.56 Å². The maximum atomic E-state index is 8.97. The predicted octanol–water partition coefficient (Wildman–Crippen LogP) is 2.62. The molecule has 1 aromatic carbocycles. The number of aliphatic hydroxyl groups excluding tert-OH is 1. The van der Waals surface area contributed by atoms with Crippen molar-refractivity contribution in [3.63, 3.8) is 0 Å². The van der Waals surface area contributed by atoms with Gasteiger partial charge in [-0.25, -0.2) is 0 Å². The van der Waals surface area contributed by atoms with E-state index in [9.17, 15) is 0 Å². The average molecular weight is 196 g/mol. The van der Waals surface area contributed by atoms with Crippen LogP contribution in [0.5, 0.6) is 0 Å². The molecule has 0 unspecified atom stereocenters. The van der Waals surface area contributed by atoms with E-state index < -0.39 is 0 Å². The van der Waals surface area contributed by atoms with E-state index >= 15 is 0 Å². The summed E-state index contributed by atoms with van der Waals surface area (Å²) in [5.74, 6) is 0. The molecule has 2 rings (SSSR count). The second-order valence-electron chi connectivity index (χ2n) is 3.12. The van der Waals surface area contributed by atoms with Crippen LogP contribution in [0.15, 0.2) is 18.2 Å². The third-order valence-electron chi connectivity index (χ3n) is 2.12. The number of rotatable bonds is 1. The van der Waals surface area contributed by atoms with Crippen molar-refractivity contribution in [3.05, 3.63) is 34.5 Å². The van der Waals surface area contributed by atoms with Crippen LogP contribution >= 0.6 is 11.6 Å². The monoisotopic (exact) mass is 195 g/mol. The summed E-state index contributed by atoms with van der Waals surface area (Å²) >= 11 is 6.02. The third-order valence-corrected chi connectivity index (χ3v) is 2.55. The lowest BCUT2D eigenvalue weighted by Gasteiger charge is -1.91. The van der Waals surface area contributed by atoms with Gasteiger partial charge in [0.15, 0.2) is 0 Å². The van der Waals surface area contributed by atoms with Gasteiger partial charge < -0.3 is 10.1 Å². The highest BCUT2D eigenvalue weighted by Gasteiger charge is 2.07. The predicted molar refractivity (Wildman–Crippen MR) is 54.0 cm³/mol. The van der Waals surface area contributed by atoms with E-state index in [0.29, 0.717) is 10.7 Å². The summed E-state index contributed by atoms with van der Waals surface area (Å²) in [6, 6.07) is 5.98. The zero-order chi connectivity index (χ0) is 9.42. The number of halogens is 1. The van der Waals surface area contributed by atoms with Gasteiger partial charge in [0.1, 0.15) is 0 Å². The van der Waals surface area contributed by atoms with Crippen LogP contribution in [-0.2, 0) is 6.61 Å². The summed E-state index contributed by atoms with van der Waals surface area (Å²) in [5, 5.41) is 10.6. The molecule has 2 aromatic rings. The van der Waals surface area contributed by atoms with Gasteiger partial charge in [0.05, 0.1) is 17.3 Å². The molecule has 0 fully saturated rings. The SMILES string of the molecule is Cc1ccc2c(Cl)c(CO)[nH]c2c1. The molecule has 2 N–H and O–H groups in total. The zero-order valence-electron chi connectivity index (χ0n) is 7.26. The molecule has 0 saturated carbocycles. The van der Waals surface area contributed by atoms with Gasteiger partial charge in [-0.3, -0.25) is 0 Å². The number of benzene rings is 1. The lowest BCUT2D eigenvalue weighted by atomic mass is 10.2. The lowest BCUT2D eigenvalue weighted by Crippen LogP contribution is -1.81. The molecule has 1 heterocycles. The summed E-state index contributed by atoms with van der Waals surface area (Å²) in [6.07, 6.45) is 0. The highest BCUT2D eigenvalue weighted by Crippen LogP contribution is 2.27. The topological polar surface area (TPSA) is 36.0 Å². The Hall–Kier alpha value is -0.990. The summed E-state index contributed by atoms with van der Waals surface area (Å²) < 4.78 is 0. The first-order chi connectivity index (χ1) is 6.22. The summed E-state index contributed by atoms with van der Waals surface area (Å²) in [7, 11) is 0. The molecular weight excluding hydrogens is 186 g/mol. The van der Waals surface area contributed by atoms with Crippen LogP contribution in [0.2, 0.25) is 5.02 Å². The van der Waals surface area contributed by atoms with Gasteiger partial charge in [0.25, 0.3) is 0 Å². The standard InChI is InChI=1S/C10H10ClNO/c1-6-2-3-7-8(4-6)12-9(5-13)10(7)11/h2-4,12-13H,5H2,1H3. The van der Waals surface area contributed by atoms with Crippen molar-refractivity contribution in [1.82, 2.24) is 4.98 Å². The van der Waals surface area contributed by atoms with Crippen LogP contribution in [0, 0.1) is 6.92 Å². The van der Waals surface area contributed by atoms with Gasteiger partial charge in [0.2, 0.25) is 0 Å². The van der Waals surface area contributed by atoms with E-state index in [1.54, 1.807) is 0 Å². The van der Waals surface area contributed by atoms with E-state index in [0.717, 1.165) is 10.9 Å². The Bertz CT molecular complexity index is 447. The Morgan fingerprint density at radius 1 is 1.46 bits per heavy atom. The minimum Gasteiger partial charge on any atom is -0.390 e. The number of hydrogen-bond donors (Lipinski definition) is 2. The molecule has 0 saturated heterocycles. The third kappa shape index (κ3) is 1.32. The Morgan fingerprint density at radius 3 is 2.92 bits per heavy atom. The molecule has 0 spiro atoms. The number of nitrogens with one attached hydrogen (secondary N) is 1. The number of aryl methyl sites for hydroxylation is 1. The fourth-order valence-electron chi connectivity index (χ4n) is 1.44. The smallest absolute Gasteiger partial charge is 0.0846 e. The maximum absolute atomic E-state index is 8.97. The normalized spacial score (nSPS) is 11.0. The molecular formula is C10H10ClNO. The van der Waals surface area contributed by atoms with Crippen molar-refractivity contribution in [2.24, 2.45) is 0 Å². The van der Waals surface area contributed by atoms with Gasteiger partial charge >= 0.3 is 0 Å². The first kappa shape index (κ1) is 8.60. The van der Waals surface area contributed by atoms with E-state index in [2.05, 4.69) is 4.98 Å². The van der Waals surface area contributed by atoms with Crippen LogP contribution in [-0.4, -0.2) is 10.1 Å². The molecule has 68 valence electrons. The van der Waals surface area contributed by atoms with Gasteiger partial charge in [0, 0.05) is 10.9 Å². The first-order valence-electron chi connectivity index (χ1n) is 4.10. The Balaban J connectivity index is 2.76. The number of aromatic nitrogens is 1. The highest BCUT2D eigenvalue weighted by molar-refractivity contribution is 6.36. The van der Waals surface area contributed by atoms with Crippen LogP contribution in [0.3, 0.4) is 0 Å². The van der Waals surface area contributed by atoms with E-state index in [4.69, 9.17) is 16.7 Å². The van der Waals surface area contributed by atoms with E-state index in [1.807, 2.05) is 25.1 Å². The van der Waals surface area contributed by atoms with Crippen molar-refractivity contribution in [1.29, 1.82) is 0 Å². The molecule has 3 heteroatoms. The molecule has 1 aromatic heterocycles. The quantitative estimate of drug-likeness (QED) is 0.721. The zero-order valence-corrected chi connectivity index (χ0v) is 8.02. The molecule has 0 amide bonds. The van der Waals surface area contributed by atoms with Crippen LogP contribution in [0.1, 0.15) is 11.3 Å². The summed E-state index contributed by atoms with van der Waals surface area (Å²) in [4.78, 5) is 3.07. The van der Waals surface area contributed by atoms with E-state index in [-0.39, 0.29) is 6.61 Å². The first-order valence-corrected chi connectivity index (χ1v) is 4.47. The number of H-pyrrole nitrogens is 1. The molecule has 0 aliphatic heterocycles. The number of aliphatic hydroxyl groups is 1. The molecule has 0 aliphatic rings. The summed E-state index contributed by atoms with van der Waals surface area (Å²) in [6.45, 7) is 1.97. The number of aromatic amines is 1. The van der Waals surface area contributed by atoms with Crippen LogP contribution in [0.25, 0.3) is 10.9 Å². The van der Waals surface area contributed by atoms with Crippen molar-refractivity contribution in [3.8, 4) is 0 Å². The maximum Gasteiger partial charge on any atom is 0.0846 e. The van der Waals surface area contributed by atoms with Crippen LogP contribution in [0.4, 0.5) is 0 Å². The Kier molecular flexibility index (Phi) is 2.02. The van der Waals surface area contributed by atoms with Crippen LogP contribution < -0.4 is 0 Å². The minimum absolute atomic E-state index is 0.0490. The second-order valence-corrected chi connectivity index (χ2v) is 3.50. The Labute approximate surface area is 81.1 Å². The van der Waals surface area contributed by atoms with Crippen molar-refractivity contribution in [2.45, 2.75) is 13.5 Å². The van der Waals surface area contributed by atoms with Crippen molar-refractivity contribution in [2.75, 3.05) is 0 Å². The summed E-state index contributed by atoms with van der Waals surface area (Å²) in [5.41, 5.74) is 2.84. The average Bonchev–Trinajstić information content (AvgIpc) is 2.42. The highest BCUT2D eigenvalue weighted by atomic mass is 35.5. The lowest BCUT2D eigenvalue weighted by molar-refractivity contribution is 0.278. The Morgan fingerprint density at radius 2 is 2.23 bits per heavy atom. The molecule has 2 nitrogen and oxygen atoms in total. The molecule has 0 bridgehead atoms. The van der Waals surface area contributed by atoms with Crippen molar-refractivity contribution >= 4 is 22.5 Å². The second kappa shape index (κ2) is 3.05. The number of fused-ring (bicyclic) bond motifs is 1. The van der Waals surface area contributed by atoms with Crippen molar-refractivity contribution < 1.29 is 5.11 Å². The fraction of sp³-hybridized carbons (Fsp3) is 0.200.